The number of nitrogens with two attached hydrogens (primary N) is 1. The third-order valence-corrected chi connectivity index (χ3v) is 7.07. The van der Waals surface area contributed by atoms with Crippen LogP contribution in [-0.2, 0) is 13.6 Å². The molecule has 2 saturated heterocycles. The van der Waals surface area contributed by atoms with Crippen LogP contribution < -0.4 is 5.73 Å². The fraction of sp³-hybridized carbons (Fsp3) is 0.882. The summed E-state index contributed by atoms with van der Waals surface area (Å²) in [6.45, 7) is 5.64. The van der Waals surface area contributed by atoms with Crippen LogP contribution in [0.25, 0.3) is 0 Å². The number of rotatable bonds is 4. The van der Waals surface area contributed by atoms with Gasteiger partial charge in [0.05, 0.1) is 6.54 Å². The van der Waals surface area contributed by atoms with Crippen molar-refractivity contribution >= 4 is 11.8 Å². The van der Waals surface area contributed by atoms with Gasteiger partial charge in [0.25, 0.3) is 0 Å². The molecule has 2 N–H and O–H groups in total. The lowest BCUT2D eigenvalue weighted by Gasteiger charge is -2.40. The molecule has 1 aliphatic carbocycles. The highest BCUT2D eigenvalue weighted by molar-refractivity contribution is 7.99. The van der Waals surface area contributed by atoms with Gasteiger partial charge in [-0.25, -0.2) is 0 Å². The van der Waals surface area contributed by atoms with E-state index in [0.717, 1.165) is 50.2 Å². The molecule has 0 aromatic carbocycles. The lowest BCUT2D eigenvalue weighted by Crippen LogP contribution is -2.50. The van der Waals surface area contributed by atoms with Crippen molar-refractivity contribution in [3.63, 3.8) is 0 Å². The molecule has 134 valence electrons. The monoisotopic (exact) mass is 350 g/mol. The molecular formula is C17H30N6S. The first-order valence-electron chi connectivity index (χ1n) is 9.38. The zero-order chi connectivity index (χ0) is 16.5. The van der Waals surface area contributed by atoms with Crippen LogP contribution in [0.3, 0.4) is 0 Å². The van der Waals surface area contributed by atoms with E-state index in [1.165, 1.54) is 37.4 Å². The zero-order valence-corrected chi connectivity index (χ0v) is 15.5. The normalized spacial score (nSPS) is 30.4. The molecule has 4 rings (SSSR count). The molecule has 1 aromatic heterocycles. The van der Waals surface area contributed by atoms with Crippen molar-refractivity contribution in [3.05, 3.63) is 11.6 Å². The minimum absolute atomic E-state index is 0.362. The molecular weight excluding hydrogens is 320 g/mol. The molecule has 3 heterocycles. The molecule has 0 bridgehead atoms. The summed E-state index contributed by atoms with van der Waals surface area (Å²) in [5.41, 5.74) is 5.92. The molecule has 0 spiro atoms. The second-order valence-corrected chi connectivity index (χ2v) is 8.84. The van der Waals surface area contributed by atoms with Crippen LogP contribution in [0.2, 0.25) is 0 Å². The van der Waals surface area contributed by atoms with E-state index in [1.807, 2.05) is 0 Å². The van der Waals surface area contributed by atoms with E-state index >= 15 is 0 Å². The van der Waals surface area contributed by atoms with Crippen molar-refractivity contribution in [3.8, 4) is 0 Å². The fourth-order valence-corrected chi connectivity index (χ4v) is 5.36. The van der Waals surface area contributed by atoms with Crippen LogP contribution in [0.5, 0.6) is 0 Å². The summed E-state index contributed by atoms with van der Waals surface area (Å²) in [4.78, 5) is 5.25. The third kappa shape index (κ3) is 3.49. The van der Waals surface area contributed by atoms with Gasteiger partial charge < -0.3 is 10.3 Å². The Bertz CT molecular complexity index is 541. The SMILES string of the molecule is Cn1c(CN2CCN(C3CCSCC3)CC2)nnc1C1CC(N)C1. The maximum absolute atomic E-state index is 5.92. The standard InChI is InChI=1S/C17H30N6S/c1-21-16(19-20-17(21)13-10-14(18)11-13)12-22-4-6-23(7-5-22)15-2-8-24-9-3-15/h13-15H,2-12,18H2,1H3. The largest absolute Gasteiger partial charge is 0.328 e. The Morgan fingerprint density at radius 2 is 1.79 bits per heavy atom. The summed E-state index contributed by atoms with van der Waals surface area (Å²) in [6, 6.07) is 1.19. The van der Waals surface area contributed by atoms with Gasteiger partial charge in [-0.1, -0.05) is 0 Å². The van der Waals surface area contributed by atoms with Crippen molar-refractivity contribution < 1.29 is 0 Å². The Kier molecular flexibility index (Phi) is 5.13. The minimum atomic E-state index is 0.362. The third-order valence-electron chi connectivity index (χ3n) is 6.02. The van der Waals surface area contributed by atoms with Crippen molar-refractivity contribution in [2.24, 2.45) is 12.8 Å². The Hall–Kier alpha value is -0.630. The van der Waals surface area contributed by atoms with Gasteiger partial charge in [-0.3, -0.25) is 9.80 Å². The molecule has 7 heteroatoms. The van der Waals surface area contributed by atoms with Crippen molar-refractivity contribution in [2.45, 2.75) is 50.2 Å². The Morgan fingerprint density at radius 1 is 1.08 bits per heavy atom. The molecule has 0 atom stereocenters. The van der Waals surface area contributed by atoms with E-state index in [9.17, 15) is 0 Å². The summed E-state index contributed by atoms with van der Waals surface area (Å²) >= 11 is 2.11. The molecule has 0 unspecified atom stereocenters. The first-order chi connectivity index (χ1) is 11.7. The predicted molar refractivity (Wildman–Crippen MR) is 98.2 cm³/mol. The van der Waals surface area contributed by atoms with Gasteiger partial charge >= 0.3 is 0 Å². The van der Waals surface area contributed by atoms with Crippen molar-refractivity contribution in [1.29, 1.82) is 0 Å². The Morgan fingerprint density at radius 3 is 2.46 bits per heavy atom. The number of hydrogen-bond donors (Lipinski definition) is 1. The molecule has 1 aromatic rings. The molecule has 1 saturated carbocycles. The summed E-state index contributed by atoms with van der Waals surface area (Å²) in [7, 11) is 2.12. The first kappa shape index (κ1) is 16.8. The number of thioether (sulfide) groups is 1. The van der Waals surface area contributed by atoms with Crippen LogP contribution in [-0.4, -0.2) is 74.3 Å². The average Bonchev–Trinajstić information content (AvgIpc) is 2.94. The van der Waals surface area contributed by atoms with E-state index in [2.05, 4.69) is 43.4 Å². The van der Waals surface area contributed by atoms with Crippen molar-refractivity contribution in [2.75, 3.05) is 37.7 Å². The van der Waals surface area contributed by atoms with Gasteiger partial charge in [-0.2, -0.15) is 11.8 Å². The lowest BCUT2D eigenvalue weighted by molar-refractivity contribution is 0.0859. The fourth-order valence-electron chi connectivity index (χ4n) is 4.28. The summed E-state index contributed by atoms with van der Waals surface area (Å²) in [5.74, 6) is 5.44. The summed E-state index contributed by atoms with van der Waals surface area (Å²) in [5, 5.41) is 8.90. The predicted octanol–water partition coefficient (Wildman–Crippen LogP) is 1.03. The highest BCUT2D eigenvalue weighted by atomic mass is 32.2. The molecule has 24 heavy (non-hydrogen) atoms. The van der Waals surface area contributed by atoms with Crippen molar-refractivity contribution in [1.82, 2.24) is 24.6 Å². The maximum atomic E-state index is 5.92. The topological polar surface area (TPSA) is 63.2 Å². The smallest absolute Gasteiger partial charge is 0.146 e. The summed E-state index contributed by atoms with van der Waals surface area (Å²) < 4.78 is 2.21. The molecule has 3 fully saturated rings. The molecule has 0 radical (unpaired) electrons. The van der Waals surface area contributed by atoms with Crippen LogP contribution in [0.4, 0.5) is 0 Å². The maximum Gasteiger partial charge on any atom is 0.146 e. The van der Waals surface area contributed by atoms with E-state index < -0.39 is 0 Å². The van der Waals surface area contributed by atoms with Crippen LogP contribution in [0, 0.1) is 0 Å². The lowest BCUT2D eigenvalue weighted by atomic mass is 9.80. The number of piperazine rings is 1. The van der Waals surface area contributed by atoms with Crippen LogP contribution >= 0.6 is 11.8 Å². The molecule has 2 aliphatic heterocycles. The highest BCUT2D eigenvalue weighted by Crippen LogP contribution is 2.34. The molecule has 3 aliphatic rings. The van der Waals surface area contributed by atoms with Crippen LogP contribution in [0.1, 0.15) is 43.3 Å². The van der Waals surface area contributed by atoms with Gasteiger partial charge in [0.2, 0.25) is 0 Å². The second-order valence-electron chi connectivity index (χ2n) is 7.62. The van der Waals surface area contributed by atoms with Gasteiger partial charge in [-0.15, -0.1) is 10.2 Å². The number of aromatic nitrogens is 3. The Balaban J connectivity index is 1.29. The van der Waals surface area contributed by atoms with Crippen LogP contribution in [0.15, 0.2) is 0 Å². The number of hydrogen-bond acceptors (Lipinski definition) is 6. The minimum Gasteiger partial charge on any atom is -0.328 e. The van der Waals surface area contributed by atoms with Gasteiger partial charge in [0, 0.05) is 51.2 Å². The highest BCUT2D eigenvalue weighted by Gasteiger charge is 2.32. The molecule has 0 amide bonds. The second kappa shape index (κ2) is 7.32. The zero-order valence-electron chi connectivity index (χ0n) is 14.7. The van der Waals surface area contributed by atoms with E-state index in [4.69, 9.17) is 5.73 Å². The summed E-state index contributed by atoms with van der Waals surface area (Å²) in [6.07, 6.45) is 4.87. The van der Waals surface area contributed by atoms with E-state index in [0.29, 0.717) is 12.0 Å². The van der Waals surface area contributed by atoms with E-state index in [-0.39, 0.29) is 0 Å². The van der Waals surface area contributed by atoms with E-state index in [1.54, 1.807) is 0 Å². The van der Waals surface area contributed by atoms with Gasteiger partial charge in [0.15, 0.2) is 0 Å². The molecule has 6 nitrogen and oxygen atoms in total. The average molecular weight is 351 g/mol. The number of nitrogens with zero attached hydrogens (tertiary/aromatic N) is 5. The van der Waals surface area contributed by atoms with Gasteiger partial charge in [0.1, 0.15) is 11.6 Å². The quantitative estimate of drug-likeness (QED) is 0.875. The van der Waals surface area contributed by atoms with Gasteiger partial charge in [-0.05, 0) is 37.2 Å². The Labute approximate surface area is 149 Å². The first-order valence-corrected chi connectivity index (χ1v) is 10.5.